The maximum absolute atomic E-state index is 13.3. The first-order valence-electron chi connectivity index (χ1n) is 11.2. The fraction of sp³-hybridized carbons (Fsp3) is 0.107. The van der Waals surface area contributed by atoms with Crippen LogP contribution in [0.5, 0.6) is 0 Å². The largest absolute Gasteiger partial charge is 0.326 e. The summed E-state index contributed by atoms with van der Waals surface area (Å²) in [6.45, 7) is 5.57. The van der Waals surface area contributed by atoms with Crippen molar-refractivity contribution >= 4 is 29.4 Å². The molecule has 0 radical (unpaired) electrons. The van der Waals surface area contributed by atoms with Crippen molar-refractivity contribution in [3.63, 3.8) is 0 Å². The molecule has 0 saturated carbocycles. The lowest BCUT2D eigenvalue weighted by Crippen LogP contribution is -2.38. The highest BCUT2D eigenvalue weighted by Crippen LogP contribution is 2.26. The van der Waals surface area contributed by atoms with Crippen LogP contribution in [0.1, 0.15) is 15.9 Å². The molecule has 1 heterocycles. The van der Waals surface area contributed by atoms with E-state index in [1.807, 2.05) is 49.5 Å². The minimum absolute atomic E-state index is 0.145. The Bertz CT molecular complexity index is 1380. The molecule has 0 bridgehead atoms. The third-order valence-electron chi connectivity index (χ3n) is 5.47. The van der Waals surface area contributed by atoms with E-state index in [9.17, 15) is 14.0 Å². The van der Waals surface area contributed by atoms with Crippen molar-refractivity contribution in [1.29, 1.82) is 0 Å². The number of anilines is 1. The van der Waals surface area contributed by atoms with E-state index < -0.39 is 17.6 Å². The number of halogens is 2. The molecule has 36 heavy (non-hydrogen) atoms. The van der Waals surface area contributed by atoms with Crippen LogP contribution in [-0.4, -0.2) is 39.4 Å². The molecule has 6 nitrogen and oxygen atoms in total. The highest BCUT2D eigenvalue weighted by atomic mass is 35.5. The number of benzene rings is 3. The average molecular weight is 503 g/mol. The van der Waals surface area contributed by atoms with Crippen LogP contribution in [0.15, 0.2) is 91.6 Å². The van der Waals surface area contributed by atoms with Gasteiger partial charge in [-0.05, 0) is 55.5 Å². The minimum Gasteiger partial charge on any atom is -0.326 e. The Labute approximate surface area is 213 Å². The van der Waals surface area contributed by atoms with Crippen LogP contribution in [0.3, 0.4) is 0 Å². The Hall–Kier alpha value is -4.23. The van der Waals surface area contributed by atoms with Crippen molar-refractivity contribution in [2.75, 3.05) is 18.4 Å². The molecule has 0 aliphatic heterocycles. The first-order valence-corrected chi connectivity index (χ1v) is 11.6. The van der Waals surface area contributed by atoms with Gasteiger partial charge in [0.2, 0.25) is 11.9 Å². The monoisotopic (exact) mass is 502 g/mol. The van der Waals surface area contributed by atoms with Crippen molar-refractivity contribution in [3.8, 4) is 16.9 Å². The van der Waals surface area contributed by atoms with Gasteiger partial charge in [-0.25, -0.2) is 9.37 Å². The van der Waals surface area contributed by atoms with Gasteiger partial charge in [-0.15, -0.1) is 6.58 Å². The summed E-state index contributed by atoms with van der Waals surface area (Å²) in [7, 11) is 0. The van der Waals surface area contributed by atoms with Gasteiger partial charge < -0.3 is 4.90 Å². The number of aromatic nitrogens is 2. The number of hydrogen-bond acceptors (Lipinski definition) is 3. The molecule has 2 amide bonds. The van der Waals surface area contributed by atoms with Gasteiger partial charge in [-0.3, -0.25) is 19.5 Å². The van der Waals surface area contributed by atoms with Gasteiger partial charge >= 0.3 is 0 Å². The molecular weight excluding hydrogens is 479 g/mol. The van der Waals surface area contributed by atoms with Crippen LogP contribution >= 0.6 is 11.6 Å². The maximum Gasteiger partial charge on any atom is 0.254 e. The van der Waals surface area contributed by atoms with Crippen LogP contribution in [0.2, 0.25) is 5.02 Å². The molecule has 8 heteroatoms. The second-order valence-electron chi connectivity index (χ2n) is 8.19. The summed E-state index contributed by atoms with van der Waals surface area (Å²) in [6, 6.07) is 20.2. The molecule has 4 aromatic rings. The summed E-state index contributed by atoms with van der Waals surface area (Å²) in [4.78, 5) is 31.9. The van der Waals surface area contributed by atoms with Crippen molar-refractivity contribution < 1.29 is 14.0 Å². The normalized spacial score (nSPS) is 10.6. The number of amides is 2. The SMILES string of the molecule is C=CCN(CC(=O)Nc1nc(-c2ccc(Cl)cc2)cn1-c1ccc(C)cc1)C(=O)c1ccc(F)cc1. The smallest absolute Gasteiger partial charge is 0.254 e. The third-order valence-corrected chi connectivity index (χ3v) is 5.72. The molecule has 4 rings (SSSR count). The number of nitrogens with one attached hydrogen (secondary N) is 1. The summed E-state index contributed by atoms with van der Waals surface area (Å²) in [6.07, 6.45) is 3.36. The Balaban J connectivity index is 1.60. The van der Waals surface area contributed by atoms with Crippen LogP contribution < -0.4 is 5.32 Å². The predicted molar refractivity (Wildman–Crippen MR) is 140 cm³/mol. The number of carbonyl (C=O) groups excluding carboxylic acids is 2. The summed E-state index contributed by atoms with van der Waals surface area (Å²) >= 11 is 6.03. The molecule has 0 spiro atoms. The lowest BCUT2D eigenvalue weighted by molar-refractivity contribution is -0.116. The molecule has 0 atom stereocenters. The Kier molecular flexibility index (Phi) is 7.61. The molecule has 0 fully saturated rings. The van der Waals surface area contributed by atoms with Crippen LogP contribution in [0.4, 0.5) is 10.3 Å². The predicted octanol–water partition coefficient (Wildman–Crippen LogP) is 5.91. The lowest BCUT2D eigenvalue weighted by atomic mass is 10.2. The number of carbonyl (C=O) groups is 2. The molecule has 0 saturated heterocycles. The first kappa shape index (κ1) is 24.9. The Morgan fingerprint density at radius 3 is 2.36 bits per heavy atom. The lowest BCUT2D eigenvalue weighted by Gasteiger charge is -2.20. The number of imidazole rings is 1. The van der Waals surface area contributed by atoms with Gasteiger partial charge in [0.1, 0.15) is 12.4 Å². The zero-order valence-corrected chi connectivity index (χ0v) is 20.4. The first-order chi connectivity index (χ1) is 17.3. The van der Waals surface area contributed by atoms with Gasteiger partial charge in [-0.1, -0.05) is 47.5 Å². The minimum atomic E-state index is -0.445. The second-order valence-corrected chi connectivity index (χ2v) is 8.63. The van der Waals surface area contributed by atoms with Crippen LogP contribution in [0, 0.1) is 12.7 Å². The van der Waals surface area contributed by atoms with Crippen molar-refractivity contribution in [2.45, 2.75) is 6.92 Å². The Morgan fingerprint density at radius 2 is 1.72 bits per heavy atom. The van der Waals surface area contributed by atoms with Crippen molar-refractivity contribution in [2.24, 2.45) is 0 Å². The van der Waals surface area contributed by atoms with Gasteiger partial charge in [0.15, 0.2) is 0 Å². The molecule has 3 aromatic carbocycles. The molecule has 0 aliphatic rings. The molecular formula is C28H24ClFN4O2. The maximum atomic E-state index is 13.3. The van der Waals surface area contributed by atoms with Crippen LogP contribution in [0.25, 0.3) is 16.9 Å². The summed E-state index contributed by atoms with van der Waals surface area (Å²) in [5.41, 5.74) is 3.67. The van der Waals surface area contributed by atoms with Crippen molar-refractivity contribution in [3.05, 3.63) is 114 Å². The third kappa shape index (κ3) is 5.87. The second kappa shape index (κ2) is 11.0. The van der Waals surface area contributed by atoms with E-state index in [1.165, 1.54) is 35.2 Å². The van der Waals surface area contributed by atoms with Gasteiger partial charge in [0.25, 0.3) is 5.91 Å². The highest BCUT2D eigenvalue weighted by molar-refractivity contribution is 6.30. The molecule has 1 N–H and O–H groups in total. The van der Waals surface area contributed by atoms with Crippen LogP contribution in [-0.2, 0) is 4.79 Å². The van der Waals surface area contributed by atoms with E-state index in [2.05, 4.69) is 16.9 Å². The Morgan fingerprint density at radius 1 is 1.06 bits per heavy atom. The standard InChI is InChI=1S/C28H24ClFN4O2/c1-3-16-33(27(36)21-8-12-23(30)13-9-21)18-26(35)32-28-31-25(20-6-10-22(29)11-7-20)17-34(28)24-14-4-19(2)5-15-24/h3-15,17H,1,16,18H2,2H3,(H,31,32,35). The average Bonchev–Trinajstić information content (AvgIpc) is 3.28. The van der Waals surface area contributed by atoms with Gasteiger partial charge in [0.05, 0.1) is 5.69 Å². The summed E-state index contributed by atoms with van der Waals surface area (Å²) in [5.74, 6) is -0.983. The van der Waals surface area contributed by atoms with E-state index in [0.717, 1.165) is 16.8 Å². The summed E-state index contributed by atoms with van der Waals surface area (Å²) < 4.78 is 15.1. The fourth-order valence-electron chi connectivity index (χ4n) is 3.62. The molecule has 0 aliphatic carbocycles. The van der Waals surface area contributed by atoms with E-state index >= 15 is 0 Å². The molecule has 1 aromatic heterocycles. The van der Waals surface area contributed by atoms with E-state index in [1.54, 1.807) is 16.7 Å². The highest BCUT2D eigenvalue weighted by Gasteiger charge is 2.20. The number of hydrogen-bond donors (Lipinski definition) is 1. The van der Waals surface area contributed by atoms with Gasteiger partial charge in [0, 0.05) is 34.6 Å². The van der Waals surface area contributed by atoms with E-state index in [0.29, 0.717) is 16.7 Å². The topological polar surface area (TPSA) is 67.2 Å². The zero-order chi connectivity index (χ0) is 25.7. The molecule has 182 valence electrons. The quantitative estimate of drug-likeness (QED) is 0.305. The van der Waals surface area contributed by atoms with E-state index in [-0.39, 0.29) is 18.7 Å². The van der Waals surface area contributed by atoms with E-state index in [4.69, 9.17) is 11.6 Å². The zero-order valence-electron chi connectivity index (χ0n) is 19.6. The molecule has 0 unspecified atom stereocenters. The van der Waals surface area contributed by atoms with Gasteiger partial charge in [-0.2, -0.15) is 0 Å². The van der Waals surface area contributed by atoms with Crippen molar-refractivity contribution in [1.82, 2.24) is 14.5 Å². The summed E-state index contributed by atoms with van der Waals surface area (Å²) in [5, 5.41) is 3.44. The number of rotatable bonds is 8. The fourth-order valence-corrected chi connectivity index (χ4v) is 3.74. The number of aryl methyl sites for hydroxylation is 1. The number of nitrogens with zero attached hydrogens (tertiary/aromatic N) is 3.